The largest absolute Gasteiger partial charge is 0.291 e. The summed E-state index contributed by atoms with van der Waals surface area (Å²) >= 11 is 0. The lowest BCUT2D eigenvalue weighted by atomic mass is 9.72. The molecule has 0 aliphatic rings. The first-order chi connectivity index (χ1) is 5.77. The van der Waals surface area contributed by atoms with E-state index in [0.717, 1.165) is 11.9 Å². The zero-order chi connectivity index (χ0) is 8.97. The number of hydrogen-bond acceptors (Lipinski definition) is 1. The SMILES string of the molecule is CCc1ccc([B]C#N)cc1C. The molecule has 59 valence electrons. The van der Waals surface area contributed by atoms with Crippen molar-refractivity contribution < 1.29 is 0 Å². The maximum Gasteiger partial charge on any atom is 0.291 e. The van der Waals surface area contributed by atoms with Crippen LogP contribution in [0.2, 0.25) is 0 Å². The molecule has 0 amide bonds. The molecular weight excluding hydrogens is 145 g/mol. The van der Waals surface area contributed by atoms with Crippen LogP contribution in [0.3, 0.4) is 0 Å². The molecule has 0 N–H and O–H groups in total. The Hall–Kier alpha value is -1.23. The Morgan fingerprint density at radius 1 is 1.50 bits per heavy atom. The van der Waals surface area contributed by atoms with Crippen LogP contribution in [0.1, 0.15) is 18.1 Å². The fourth-order valence-corrected chi connectivity index (χ4v) is 1.28. The van der Waals surface area contributed by atoms with Crippen molar-refractivity contribution in [1.82, 2.24) is 0 Å². The molecule has 0 aliphatic carbocycles. The van der Waals surface area contributed by atoms with Gasteiger partial charge in [-0.2, -0.15) is 0 Å². The smallest absolute Gasteiger partial charge is 0.213 e. The monoisotopic (exact) mass is 156 g/mol. The molecular formula is C10H11BN. The predicted molar refractivity (Wildman–Crippen MR) is 51.6 cm³/mol. The van der Waals surface area contributed by atoms with Crippen LogP contribution < -0.4 is 5.46 Å². The number of benzene rings is 1. The lowest BCUT2D eigenvalue weighted by Gasteiger charge is -2.03. The van der Waals surface area contributed by atoms with E-state index in [1.165, 1.54) is 11.1 Å². The molecule has 1 rings (SSSR count). The number of nitrogens with zero attached hydrogens (tertiary/aromatic N) is 1. The quantitative estimate of drug-likeness (QED) is 0.593. The highest BCUT2D eigenvalue weighted by Gasteiger charge is 1.98. The Kier molecular flexibility index (Phi) is 2.93. The van der Waals surface area contributed by atoms with E-state index in [9.17, 15) is 0 Å². The summed E-state index contributed by atoms with van der Waals surface area (Å²) in [5.74, 6) is 2.02. The minimum Gasteiger partial charge on any atom is -0.213 e. The van der Waals surface area contributed by atoms with Crippen molar-refractivity contribution in [1.29, 1.82) is 5.26 Å². The second-order valence-electron chi connectivity index (χ2n) is 2.81. The van der Waals surface area contributed by atoms with Crippen molar-refractivity contribution in [3.05, 3.63) is 29.3 Å². The minimum absolute atomic E-state index is 0.993. The minimum atomic E-state index is 0.993. The lowest BCUT2D eigenvalue weighted by Crippen LogP contribution is -2.12. The van der Waals surface area contributed by atoms with Crippen molar-refractivity contribution in [3.8, 4) is 5.97 Å². The molecule has 12 heavy (non-hydrogen) atoms. The van der Waals surface area contributed by atoms with Crippen LogP contribution in [0, 0.1) is 18.2 Å². The fraction of sp³-hybridized carbons (Fsp3) is 0.300. The summed E-state index contributed by atoms with van der Waals surface area (Å²) in [6.45, 7) is 4.21. The van der Waals surface area contributed by atoms with Gasteiger partial charge in [0.05, 0.1) is 0 Å². The summed E-state index contributed by atoms with van der Waals surface area (Å²) in [4.78, 5) is 0. The van der Waals surface area contributed by atoms with Gasteiger partial charge in [-0.15, -0.1) is 0 Å². The molecule has 0 aromatic heterocycles. The third-order valence-corrected chi connectivity index (χ3v) is 1.98. The lowest BCUT2D eigenvalue weighted by molar-refractivity contribution is 1.11. The number of hydrogen-bond donors (Lipinski definition) is 0. The number of rotatable bonds is 2. The van der Waals surface area contributed by atoms with Gasteiger partial charge in [-0.1, -0.05) is 30.6 Å². The third kappa shape index (κ3) is 1.89. The zero-order valence-electron chi connectivity index (χ0n) is 7.46. The molecule has 0 atom stereocenters. The standard InChI is InChI=1S/C10H11BN/c1-3-9-4-5-10(11-7-12)6-8(9)2/h4-6H,3H2,1-2H3. The summed E-state index contributed by atoms with van der Waals surface area (Å²) < 4.78 is 0. The van der Waals surface area contributed by atoms with Crippen molar-refractivity contribution in [2.24, 2.45) is 0 Å². The first-order valence-electron chi connectivity index (χ1n) is 4.10. The van der Waals surface area contributed by atoms with Gasteiger partial charge in [0.25, 0.3) is 7.28 Å². The van der Waals surface area contributed by atoms with E-state index in [2.05, 4.69) is 19.9 Å². The molecule has 1 aromatic rings. The number of aryl methyl sites for hydroxylation is 2. The molecule has 0 saturated heterocycles. The maximum atomic E-state index is 8.43. The summed E-state index contributed by atoms with van der Waals surface area (Å²) in [5.41, 5.74) is 3.61. The molecule has 0 bridgehead atoms. The van der Waals surface area contributed by atoms with Crippen LogP contribution in [0.15, 0.2) is 18.2 Å². The topological polar surface area (TPSA) is 23.8 Å². The van der Waals surface area contributed by atoms with Crippen LogP contribution >= 0.6 is 0 Å². The molecule has 1 aromatic carbocycles. The zero-order valence-corrected chi connectivity index (χ0v) is 7.46. The Balaban J connectivity index is 2.95. The average Bonchev–Trinajstić information content (AvgIpc) is 2.05. The Morgan fingerprint density at radius 2 is 2.25 bits per heavy atom. The summed E-state index contributed by atoms with van der Waals surface area (Å²) in [6.07, 6.45) is 1.05. The van der Waals surface area contributed by atoms with Gasteiger partial charge >= 0.3 is 0 Å². The Bertz CT molecular complexity index is 312. The first-order valence-corrected chi connectivity index (χ1v) is 4.10. The van der Waals surface area contributed by atoms with Crippen molar-refractivity contribution in [2.45, 2.75) is 20.3 Å². The van der Waals surface area contributed by atoms with E-state index in [4.69, 9.17) is 5.26 Å². The summed E-state index contributed by atoms with van der Waals surface area (Å²) in [5, 5.41) is 8.43. The third-order valence-electron chi connectivity index (χ3n) is 1.98. The van der Waals surface area contributed by atoms with Gasteiger partial charge in [-0.25, -0.2) is 5.26 Å². The van der Waals surface area contributed by atoms with Gasteiger partial charge in [0.2, 0.25) is 0 Å². The summed E-state index contributed by atoms with van der Waals surface area (Å²) in [6, 6.07) is 6.11. The molecule has 0 spiro atoms. The predicted octanol–water partition coefficient (Wildman–Crippen LogP) is 1.37. The fourth-order valence-electron chi connectivity index (χ4n) is 1.28. The first kappa shape index (κ1) is 8.87. The van der Waals surface area contributed by atoms with Crippen molar-refractivity contribution in [2.75, 3.05) is 0 Å². The van der Waals surface area contributed by atoms with Crippen LogP contribution in [0.25, 0.3) is 0 Å². The van der Waals surface area contributed by atoms with E-state index >= 15 is 0 Å². The second-order valence-corrected chi connectivity index (χ2v) is 2.81. The second kappa shape index (κ2) is 3.97. The van der Waals surface area contributed by atoms with Crippen LogP contribution in [0.4, 0.5) is 0 Å². The molecule has 0 unspecified atom stereocenters. The molecule has 1 nitrogen and oxygen atoms in total. The molecule has 0 aliphatic heterocycles. The van der Waals surface area contributed by atoms with Gasteiger partial charge in [0.15, 0.2) is 0 Å². The van der Waals surface area contributed by atoms with Crippen LogP contribution in [0.5, 0.6) is 0 Å². The van der Waals surface area contributed by atoms with Crippen LogP contribution in [-0.2, 0) is 6.42 Å². The van der Waals surface area contributed by atoms with Crippen molar-refractivity contribution >= 4 is 12.7 Å². The van der Waals surface area contributed by atoms with Gasteiger partial charge in [-0.05, 0) is 24.5 Å². The molecule has 0 heterocycles. The highest BCUT2D eigenvalue weighted by Crippen LogP contribution is 2.05. The van der Waals surface area contributed by atoms with E-state index in [1.54, 1.807) is 7.28 Å². The van der Waals surface area contributed by atoms with E-state index in [0.29, 0.717) is 0 Å². The van der Waals surface area contributed by atoms with E-state index < -0.39 is 0 Å². The van der Waals surface area contributed by atoms with Crippen molar-refractivity contribution in [3.63, 3.8) is 0 Å². The van der Waals surface area contributed by atoms with Gasteiger partial charge in [0.1, 0.15) is 0 Å². The van der Waals surface area contributed by atoms with E-state index in [-0.39, 0.29) is 0 Å². The Morgan fingerprint density at radius 3 is 2.75 bits per heavy atom. The molecule has 0 saturated carbocycles. The number of nitriles is 1. The normalized spacial score (nSPS) is 9.08. The van der Waals surface area contributed by atoms with Gasteiger partial charge < -0.3 is 0 Å². The highest BCUT2D eigenvalue weighted by molar-refractivity contribution is 6.61. The highest BCUT2D eigenvalue weighted by atomic mass is 14.2. The Labute approximate surface area is 74.3 Å². The maximum absolute atomic E-state index is 8.43. The molecule has 1 radical (unpaired) electrons. The van der Waals surface area contributed by atoms with E-state index in [1.807, 2.05) is 18.1 Å². The summed E-state index contributed by atoms with van der Waals surface area (Å²) in [7, 11) is 1.56. The molecule has 2 heteroatoms. The molecule has 0 fully saturated rings. The van der Waals surface area contributed by atoms with Gasteiger partial charge in [0, 0.05) is 5.97 Å². The van der Waals surface area contributed by atoms with Crippen LogP contribution in [-0.4, -0.2) is 7.28 Å². The average molecular weight is 156 g/mol. The van der Waals surface area contributed by atoms with Gasteiger partial charge in [-0.3, -0.25) is 0 Å².